The maximum absolute atomic E-state index is 10.3. The first-order valence-corrected chi connectivity index (χ1v) is 8.68. The quantitative estimate of drug-likeness (QED) is 0.342. The molecule has 0 aliphatic rings. The number of carboxylic acid groups (broad SMARTS) is 1. The Labute approximate surface area is 141 Å². The van der Waals surface area contributed by atoms with Crippen LogP contribution in [-0.4, -0.2) is 22.3 Å². The van der Waals surface area contributed by atoms with Crippen LogP contribution >= 0.6 is 0 Å². The lowest BCUT2D eigenvalue weighted by molar-refractivity contribution is -0.137. The largest absolute Gasteiger partial charge is 0.481 e. The standard InChI is InChI=1S/C20H32O3/c1-2-3-16-19(21)17-14-12-10-8-6-4-5-7-9-11-13-15-18-20(22)23/h4-5,8-11,14,17,19,21H,2-3,6-7,12-13,15-16,18H2,1H3,(H,22,23)/b5-4-,10-8-,11-9-,17-14-/t19-/m0/s1. The van der Waals surface area contributed by atoms with Gasteiger partial charge in [0.25, 0.3) is 0 Å². The van der Waals surface area contributed by atoms with Crippen molar-refractivity contribution < 1.29 is 15.0 Å². The van der Waals surface area contributed by atoms with Gasteiger partial charge in [0.1, 0.15) is 0 Å². The lowest BCUT2D eigenvalue weighted by atomic mass is 10.1. The van der Waals surface area contributed by atoms with E-state index in [0.717, 1.165) is 44.9 Å². The van der Waals surface area contributed by atoms with E-state index in [-0.39, 0.29) is 12.5 Å². The van der Waals surface area contributed by atoms with Crippen LogP contribution in [0.4, 0.5) is 0 Å². The number of allylic oxidation sites excluding steroid dienone is 7. The monoisotopic (exact) mass is 320 g/mol. The van der Waals surface area contributed by atoms with E-state index in [1.54, 1.807) is 0 Å². The summed E-state index contributed by atoms with van der Waals surface area (Å²) in [6.07, 6.45) is 23.7. The number of aliphatic hydroxyl groups excluding tert-OH is 1. The number of hydrogen-bond donors (Lipinski definition) is 2. The molecule has 0 saturated heterocycles. The third-order valence-corrected chi connectivity index (χ3v) is 3.29. The van der Waals surface area contributed by atoms with Crippen molar-refractivity contribution >= 4 is 5.97 Å². The lowest BCUT2D eigenvalue weighted by Crippen LogP contribution is -2.00. The number of carbonyl (C=O) groups is 1. The molecule has 0 aliphatic carbocycles. The van der Waals surface area contributed by atoms with E-state index in [0.29, 0.717) is 6.42 Å². The van der Waals surface area contributed by atoms with Gasteiger partial charge in [-0.05, 0) is 38.5 Å². The van der Waals surface area contributed by atoms with E-state index < -0.39 is 5.97 Å². The highest BCUT2D eigenvalue weighted by molar-refractivity contribution is 5.66. The van der Waals surface area contributed by atoms with Gasteiger partial charge in [-0.15, -0.1) is 0 Å². The molecule has 0 aromatic heterocycles. The van der Waals surface area contributed by atoms with Gasteiger partial charge in [-0.2, -0.15) is 0 Å². The van der Waals surface area contributed by atoms with Crippen LogP contribution in [0.3, 0.4) is 0 Å². The smallest absolute Gasteiger partial charge is 0.303 e. The molecule has 3 nitrogen and oxygen atoms in total. The van der Waals surface area contributed by atoms with E-state index in [1.807, 2.05) is 18.2 Å². The number of aliphatic carboxylic acids is 1. The number of hydrogen-bond acceptors (Lipinski definition) is 2. The summed E-state index contributed by atoms with van der Waals surface area (Å²) in [6.45, 7) is 2.13. The molecule has 0 radical (unpaired) electrons. The van der Waals surface area contributed by atoms with Gasteiger partial charge >= 0.3 is 5.97 Å². The summed E-state index contributed by atoms with van der Waals surface area (Å²) < 4.78 is 0. The van der Waals surface area contributed by atoms with Gasteiger partial charge in [0, 0.05) is 6.42 Å². The zero-order valence-electron chi connectivity index (χ0n) is 14.4. The van der Waals surface area contributed by atoms with Gasteiger partial charge in [0.05, 0.1) is 6.10 Å². The topological polar surface area (TPSA) is 57.5 Å². The highest BCUT2D eigenvalue weighted by Crippen LogP contribution is 2.02. The zero-order chi connectivity index (χ0) is 17.2. The van der Waals surface area contributed by atoms with Crippen LogP contribution in [0.25, 0.3) is 0 Å². The summed E-state index contributed by atoms with van der Waals surface area (Å²) in [5, 5.41) is 18.1. The predicted molar refractivity (Wildman–Crippen MR) is 97.4 cm³/mol. The van der Waals surface area contributed by atoms with Crippen molar-refractivity contribution in [1.82, 2.24) is 0 Å². The summed E-state index contributed by atoms with van der Waals surface area (Å²) >= 11 is 0. The van der Waals surface area contributed by atoms with Crippen molar-refractivity contribution in [1.29, 1.82) is 0 Å². The molecule has 0 unspecified atom stereocenters. The van der Waals surface area contributed by atoms with Gasteiger partial charge in [-0.3, -0.25) is 4.79 Å². The van der Waals surface area contributed by atoms with Crippen LogP contribution in [0.15, 0.2) is 48.6 Å². The van der Waals surface area contributed by atoms with Crippen molar-refractivity contribution in [2.75, 3.05) is 0 Å². The van der Waals surface area contributed by atoms with Crippen molar-refractivity contribution in [2.45, 2.75) is 70.8 Å². The first kappa shape index (κ1) is 21.4. The average molecular weight is 320 g/mol. The second-order valence-electron chi connectivity index (χ2n) is 5.55. The molecule has 2 N–H and O–H groups in total. The molecular weight excluding hydrogens is 288 g/mol. The van der Waals surface area contributed by atoms with Crippen LogP contribution in [0.1, 0.15) is 64.7 Å². The van der Waals surface area contributed by atoms with Crippen LogP contribution in [0.5, 0.6) is 0 Å². The summed E-state index contributed by atoms with van der Waals surface area (Å²) in [7, 11) is 0. The Hall–Kier alpha value is -1.61. The molecule has 130 valence electrons. The zero-order valence-corrected chi connectivity index (χ0v) is 14.4. The summed E-state index contributed by atoms with van der Waals surface area (Å²) in [5.74, 6) is -0.726. The lowest BCUT2D eigenvalue weighted by Gasteiger charge is -2.02. The third kappa shape index (κ3) is 18.3. The molecule has 0 fully saturated rings. The Morgan fingerprint density at radius 3 is 2.04 bits per heavy atom. The van der Waals surface area contributed by atoms with E-state index >= 15 is 0 Å². The van der Waals surface area contributed by atoms with E-state index in [2.05, 4.69) is 37.3 Å². The molecular formula is C20H32O3. The molecule has 1 atom stereocenters. The van der Waals surface area contributed by atoms with E-state index in [1.165, 1.54) is 0 Å². The third-order valence-electron chi connectivity index (χ3n) is 3.29. The highest BCUT2D eigenvalue weighted by atomic mass is 16.4. The fourth-order valence-electron chi connectivity index (χ4n) is 1.95. The van der Waals surface area contributed by atoms with Gasteiger partial charge in [0.2, 0.25) is 0 Å². The molecule has 0 amide bonds. The summed E-state index contributed by atoms with van der Waals surface area (Å²) in [4.78, 5) is 10.3. The highest BCUT2D eigenvalue weighted by Gasteiger charge is 1.95. The van der Waals surface area contributed by atoms with Gasteiger partial charge in [-0.25, -0.2) is 0 Å². The summed E-state index contributed by atoms with van der Waals surface area (Å²) in [6, 6.07) is 0. The molecule has 0 bridgehead atoms. The molecule has 0 aromatic rings. The van der Waals surface area contributed by atoms with Crippen LogP contribution < -0.4 is 0 Å². The normalized spacial score (nSPS) is 13.8. The second-order valence-corrected chi connectivity index (χ2v) is 5.55. The van der Waals surface area contributed by atoms with Gasteiger partial charge in [0.15, 0.2) is 0 Å². The minimum Gasteiger partial charge on any atom is -0.481 e. The first-order valence-electron chi connectivity index (χ1n) is 8.68. The van der Waals surface area contributed by atoms with Crippen molar-refractivity contribution in [3.8, 4) is 0 Å². The van der Waals surface area contributed by atoms with Crippen molar-refractivity contribution in [3.05, 3.63) is 48.6 Å². The minimum atomic E-state index is -0.726. The van der Waals surface area contributed by atoms with Crippen molar-refractivity contribution in [3.63, 3.8) is 0 Å². The van der Waals surface area contributed by atoms with Crippen molar-refractivity contribution in [2.24, 2.45) is 0 Å². The maximum Gasteiger partial charge on any atom is 0.303 e. The van der Waals surface area contributed by atoms with Crippen LogP contribution in [-0.2, 0) is 4.79 Å². The Morgan fingerprint density at radius 1 is 0.913 bits per heavy atom. The van der Waals surface area contributed by atoms with Gasteiger partial charge in [-0.1, -0.05) is 68.4 Å². The van der Waals surface area contributed by atoms with Gasteiger partial charge < -0.3 is 10.2 Å². The Balaban J connectivity index is 3.53. The number of carboxylic acids is 1. The van der Waals surface area contributed by atoms with E-state index in [9.17, 15) is 9.90 Å². The molecule has 0 rings (SSSR count). The van der Waals surface area contributed by atoms with Crippen LogP contribution in [0.2, 0.25) is 0 Å². The Bertz CT molecular complexity index is 392. The molecule has 23 heavy (non-hydrogen) atoms. The van der Waals surface area contributed by atoms with Crippen LogP contribution in [0, 0.1) is 0 Å². The molecule has 3 heteroatoms. The average Bonchev–Trinajstić information content (AvgIpc) is 2.52. The number of aliphatic hydroxyl groups is 1. The molecule has 0 aromatic carbocycles. The fourth-order valence-corrected chi connectivity index (χ4v) is 1.95. The Morgan fingerprint density at radius 2 is 1.48 bits per heavy atom. The second kappa shape index (κ2) is 16.8. The van der Waals surface area contributed by atoms with E-state index in [4.69, 9.17) is 5.11 Å². The molecule has 0 heterocycles. The molecule has 0 aliphatic heterocycles. The minimum absolute atomic E-state index is 0.245. The number of unbranched alkanes of at least 4 members (excludes halogenated alkanes) is 2. The maximum atomic E-state index is 10.3. The molecule has 0 saturated carbocycles. The first-order chi connectivity index (χ1) is 11.2. The fraction of sp³-hybridized carbons (Fsp3) is 0.550. The SMILES string of the molecule is CCCC[C@H](O)/C=C\C/C=C\C/C=C\C/C=C\CCCC(=O)O. The summed E-state index contributed by atoms with van der Waals surface area (Å²) in [5.41, 5.74) is 0. The molecule has 0 spiro atoms. The number of rotatable bonds is 14. The Kier molecular flexibility index (Phi) is 15.6. The predicted octanol–water partition coefficient (Wildman–Crippen LogP) is 5.19.